The zero-order chi connectivity index (χ0) is 19.4. The summed E-state index contributed by atoms with van der Waals surface area (Å²) in [6.07, 6.45) is 0. The largest absolute Gasteiger partial charge is 0.492 e. The first-order chi connectivity index (χ1) is 13.0. The molecular weight excluding hydrogens is 360 g/mol. The van der Waals surface area contributed by atoms with Crippen molar-refractivity contribution < 1.29 is 14.3 Å². The molecule has 6 heteroatoms. The molecule has 1 heterocycles. The molecule has 1 atom stereocenters. The van der Waals surface area contributed by atoms with Gasteiger partial charge in [0.15, 0.2) is 0 Å². The normalized spacial score (nSPS) is 16.7. The van der Waals surface area contributed by atoms with E-state index in [1.54, 1.807) is 16.7 Å². The van der Waals surface area contributed by atoms with Gasteiger partial charge in [-0.25, -0.2) is 0 Å². The highest BCUT2D eigenvalue weighted by atomic mass is 32.2. The van der Waals surface area contributed by atoms with Gasteiger partial charge in [-0.1, -0.05) is 38.1 Å². The molecule has 0 radical (unpaired) electrons. The SMILES string of the molecule is CCOc1ccccc1N1C(=O)CS[C@@H]1c1ccc(NC(=O)C(C)C)cc1. The maximum atomic E-state index is 12.6. The third-order valence-electron chi connectivity index (χ3n) is 4.28. The fourth-order valence-electron chi connectivity index (χ4n) is 2.88. The molecule has 1 aliphatic rings. The van der Waals surface area contributed by atoms with E-state index in [-0.39, 0.29) is 23.1 Å². The van der Waals surface area contributed by atoms with E-state index in [0.717, 1.165) is 16.9 Å². The predicted octanol–water partition coefficient (Wildman–Crippen LogP) is 4.46. The van der Waals surface area contributed by atoms with Crippen LogP contribution in [-0.4, -0.2) is 24.2 Å². The quantitative estimate of drug-likeness (QED) is 0.799. The molecular formula is C21H24N2O3S. The second-order valence-electron chi connectivity index (χ2n) is 6.59. The van der Waals surface area contributed by atoms with Crippen molar-refractivity contribution in [3.05, 3.63) is 54.1 Å². The van der Waals surface area contributed by atoms with Gasteiger partial charge in [0, 0.05) is 11.6 Å². The van der Waals surface area contributed by atoms with Gasteiger partial charge in [-0.15, -0.1) is 11.8 Å². The molecule has 27 heavy (non-hydrogen) atoms. The molecule has 1 aliphatic heterocycles. The van der Waals surface area contributed by atoms with Crippen LogP contribution in [0, 0.1) is 5.92 Å². The molecule has 0 bridgehead atoms. The van der Waals surface area contributed by atoms with E-state index >= 15 is 0 Å². The molecule has 0 spiro atoms. The van der Waals surface area contributed by atoms with Crippen molar-refractivity contribution in [3.8, 4) is 5.75 Å². The highest BCUT2D eigenvalue weighted by Gasteiger charge is 2.35. The van der Waals surface area contributed by atoms with Crippen molar-refractivity contribution in [1.82, 2.24) is 0 Å². The van der Waals surface area contributed by atoms with Crippen LogP contribution in [0.1, 0.15) is 31.7 Å². The summed E-state index contributed by atoms with van der Waals surface area (Å²) in [7, 11) is 0. The number of rotatable bonds is 6. The Kier molecular flexibility index (Phi) is 6.06. The molecule has 2 aromatic rings. The lowest BCUT2D eigenvalue weighted by Crippen LogP contribution is -2.28. The number of hydrogen-bond acceptors (Lipinski definition) is 4. The predicted molar refractivity (Wildman–Crippen MR) is 110 cm³/mol. The lowest BCUT2D eigenvalue weighted by atomic mass is 10.1. The van der Waals surface area contributed by atoms with Crippen molar-refractivity contribution in [3.63, 3.8) is 0 Å². The van der Waals surface area contributed by atoms with E-state index in [9.17, 15) is 9.59 Å². The van der Waals surface area contributed by atoms with Crippen LogP contribution in [0.5, 0.6) is 5.75 Å². The van der Waals surface area contributed by atoms with Crippen LogP contribution in [0.2, 0.25) is 0 Å². The second kappa shape index (κ2) is 8.48. The number of ether oxygens (including phenoxy) is 1. The fourth-order valence-corrected chi connectivity index (χ4v) is 4.05. The Labute approximate surface area is 164 Å². The first kappa shape index (κ1) is 19.3. The van der Waals surface area contributed by atoms with Gasteiger partial charge in [0.1, 0.15) is 11.1 Å². The van der Waals surface area contributed by atoms with E-state index in [1.165, 1.54) is 0 Å². The van der Waals surface area contributed by atoms with Crippen molar-refractivity contribution in [2.24, 2.45) is 5.92 Å². The van der Waals surface area contributed by atoms with Gasteiger partial charge >= 0.3 is 0 Å². The first-order valence-corrected chi connectivity index (χ1v) is 10.1. The molecule has 0 unspecified atom stereocenters. The third-order valence-corrected chi connectivity index (χ3v) is 5.49. The summed E-state index contributed by atoms with van der Waals surface area (Å²) in [5, 5.41) is 2.77. The minimum atomic E-state index is -0.117. The molecule has 142 valence electrons. The molecule has 1 fully saturated rings. The number of benzene rings is 2. The summed E-state index contributed by atoms with van der Waals surface area (Å²) in [6.45, 7) is 6.19. The van der Waals surface area contributed by atoms with Crippen LogP contribution >= 0.6 is 11.8 Å². The summed E-state index contributed by atoms with van der Waals surface area (Å²) in [5.74, 6) is 1.12. The minimum absolute atomic E-state index is 0.0135. The van der Waals surface area contributed by atoms with Gasteiger partial charge in [-0.2, -0.15) is 0 Å². The van der Waals surface area contributed by atoms with E-state index in [1.807, 2.05) is 69.3 Å². The number of hydrogen-bond donors (Lipinski definition) is 1. The molecule has 5 nitrogen and oxygen atoms in total. The van der Waals surface area contributed by atoms with Gasteiger partial charge in [-0.05, 0) is 36.8 Å². The van der Waals surface area contributed by atoms with Gasteiger partial charge in [0.25, 0.3) is 0 Å². The maximum Gasteiger partial charge on any atom is 0.238 e. The monoisotopic (exact) mass is 384 g/mol. The number of thioether (sulfide) groups is 1. The molecule has 0 saturated carbocycles. The molecule has 0 aliphatic carbocycles. The van der Waals surface area contributed by atoms with Crippen molar-refractivity contribution >= 4 is 35.0 Å². The van der Waals surface area contributed by atoms with Crippen LogP contribution in [0.15, 0.2) is 48.5 Å². The minimum Gasteiger partial charge on any atom is -0.492 e. The zero-order valence-corrected chi connectivity index (χ0v) is 16.6. The average Bonchev–Trinajstić information content (AvgIpc) is 3.04. The number of carbonyl (C=O) groups is 2. The van der Waals surface area contributed by atoms with Gasteiger partial charge in [0.05, 0.1) is 18.0 Å². The van der Waals surface area contributed by atoms with Gasteiger partial charge < -0.3 is 10.1 Å². The Bertz CT molecular complexity index is 820. The van der Waals surface area contributed by atoms with E-state index < -0.39 is 0 Å². The zero-order valence-electron chi connectivity index (χ0n) is 15.8. The number of amides is 2. The topological polar surface area (TPSA) is 58.6 Å². The number of nitrogens with zero attached hydrogens (tertiary/aromatic N) is 1. The summed E-state index contributed by atoms with van der Waals surface area (Å²) >= 11 is 1.59. The van der Waals surface area contributed by atoms with E-state index in [4.69, 9.17) is 4.74 Å². The van der Waals surface area contributed by atoms with Gasteiger partial charge in [-0.3, -0.25) is 14.5 Å². The number of nitrogens with one attached hydrogen (secondary N) is 1. The van der Waals surface area contributed by atoms with Crippen LogP contribution in [0.3, 0.4) is 0 Å². The summed E-state index contributed by atoms with van der Waals surface area (Å²) in [4.78, 5) is 26.2. The molecule has 3 rings (SSSR count). The lowest BCUT2D eigenvalue weighted by molar-refractivity contribution is -0.119. The average molecular weight is 385 g/mol. The Hall–Kier alpha value is -2.47. The van der Waals surface area contributed by atoms with Crippen LogP contribution in [0.25, 0.3) is 0 Å². The fraction of sp³-hybridized carbons (Fsp3) is 0.333. The molecule has 1 N–H and O–H groups in total. The standard InChI is InChI=1S/C21H24N2O3S/c1-4-26-18-8-6-5-7-17(18)23-19(24)13-27-21(23)15-9-11-16(12-10-15)22-20(25)14(2)3/h5-12,14,21H,4,13H2,1-3H3,(H,22,25)/t21-/m1/s1. The molecule has 1 saturated heterocycles. The van der Waals surface area contributed by atoms with Crippen LogP contribution in [0.4, 0.5) is 11.4 Å². The van der Waals surface area contributed by atoms with Crippen molar-refractivity contribution in [1.29, 1.82) is 0 Å². The third kappa shape index (κ3) is 4.27. The maximum absolute atomic E-state index is 12.6. The molecule has 0 aromatic heterocycles. The number of para-hydroxylation sites is 2. The second-order valence-corrected chi connectivity index (χ2v) is 7.66. The van der Waals surface area contributed by atoms with E-state index in [0.29, 0.717) is 18.1 Å². The Balaban J connectivity index is 1.85. The van der Waals surface area contributed by atoms with Crippen molar-refractivity contribution in [2.75, 3.05) is 22.6 Å². The Morgan fingerprint density at radius 3 is 2.59 bits per heavy atom. The van der Waals surface area contributed by atoms with Crippen molar-refractivity contribution in [2.45, 2.75) is 26.1 Å². The molecule has 2 aromatic carbocycles. The first-order valence-electron chi connectivity index (χ1n) is 9.07. The summed E-state index contributed by atoms with van der Waals surface area (Å²) < 4.78 is 5.72. The summed E-state index contributed by atoms with van der Waals surface area (Å²) in [5.41, 5.74) is 2.56. The number of carbonyl (C=O) groups excluding carboxylic acids is 2. The highest BCUT2D eigenvalue weighted by Crippen LogP contribution is 2.44. The van der Waals surface area contributed by atoms with Gasteiger partial charge in [0.2, 0.25) is 11.8 Å². The Morgan fingerprint density at radius 1 is 1.22 bits per heavy atom. The van der Waals surface area contributed by atoms with E-state index in [2.05, 4.69) is 5.32 Å². The number of anilines is 2. The smallest absolute Gasteiger partial charge is 0.238 e. The van der Waals surface area contributed by atoms with Crippen LogP contribution < -0.4 is 15.0 Å². The molecule has 2 amide bonds. The van der Waals surface area contributed by atoms with Crippen LogP contribution in [-0.2, 0) is 9.59 Å². The highest BCUT2D eigenvalue weighted by molar-refractivity contribution is 8.00. The lowest BCUT2D eigenvalue weighted by Gasteiger charge is -2.26. The summed E-state index contributed by atoms with van der Waals surface area (Å²) in [6, 6.07) is 15.3. The Morgan fingerprint density at radius 2 is 1.93 bits per heavy atom.